The number of carbonyl (C=O) groups is 1. The smallest absolute Gasteiger partial charge is 0.164 e. The van der Waals surface area contributed by atoms with Crippen molar-refractivity contribution in [3.63, 3.8) is 0 Å². The van der Waals surface area contributed by atoms with Crippen LogP contribution in [-0.2, 0) is 0 Å². The summed E-state index contributed by atoms with van der Waals surface area (Å²) in [6.07, 6.45) is 0.447. The Labute approximate surface area is 115 Å². The Bertz CT molecular complexity index is 429. The molecule has 2 nitrogen and oxygen atoms in total. The summed E-state index contributed by atoms with van der Waals surface area (Å²) >= 11 is 0. The van der Waals surface area contributed by atoms with E-state index in [0.29, 0.717) is 23.5 Å². The van der Waals surface area contributed by atoms with E-state index in [0.717, 1.165) is 19.6 Å². The van der Waals surface area contributed by atoms with E-state index in [-0.39, 0.29) is 11.6 Å². The number of Topliss-reactive ketones (excluding diaryl/α,β-unsaturated/α-hetero) is 1. The third-order valence-corrected chi connectivity index (χ3v) is 3.22. The molecule has 0 aliphatic rings. The van der Waals surface area contributed by atoms with Crippen molar-refractivity contribution >= 4 is 5.78 Å². The molecule has 0 fully saturated rings. The molecular formula is C16H24FNO. The SMILES string of the molecule is CCN(CCC(=O)c1ccc(C)c(F)c1)CC(C)C. The fraction of sp³-hybridized carbons (Fsp3) is 0.562. The van der Waals surface area contributed by atoms with Gasteiger partial charge in [-0.05, 0) is 31.0 Å². The van der Waals surface area contributed by atoms with Gasteiger partial charge < -0.3 is 4.90 Å². The molecule has 0 saturated carbocycles. The first-order chi connectivity index (χ1) is 8.93. The second-order valence-electron chi connectivity index (χ2n) is 5.42. The van der Waals surface area contributed by atoms with E-state index in [2.05, 4.69) is 25.7 Å². The van der Waals surface area contributed by atoms with E-state index in [9.17, 15) is 9.18 Å². The van der Waals surface area contributed by atoms with Crippen molar-refractivity contribution in [1.29, 1.82) is 0 Å². The molecule has 1 aromatic rings. The van der Waals surface area contributed by atoms with Crippen LogP contribution in [0.1, 0.15) is 43.1 Å². The first-order valence-corrected chi connectivity index (χ1v) is 6.95. The molecule has 0 aliphatic carbocycles. The molecule has 0 atom stereocenters. The first kappa shape index (κ1) is 15.8. The molecule has 0 aromatic heterocycles. The van der Waals surface area contributed by atoms with Gasteiger partial charge in [-0.2, -0.15) is 0 Å². The maximum atomic E-state index is 13.4. The van der Waals surface area contributed by atoms with Crippen molar-refractivity contribution < 1.29 is 9.18 Å². The maximum absolute atomic E-state index is 13.4. The minimum absolute atomic E-state index is 0.0149. The highest BCUT2D eigenvalue weighted by atomic mass is 19.1. The highest BCUT2D eigenvalue weighted by Gasteiger charge is 2.11. The topological polar surface area (TPSA) is 20.3 Å². The molecule has 3 heteroatoms. The summed E-state index contributed by atoms with van der Waals surface area (Å²) in [5.41, 5.74) is 1.05. The molecule has 106 valence electrons. The largest absolute Gasteiger partial charge is 0.303 e. The molecule has 0 radical (unpaired) electrons. The number of hydrogen-bond donors (Lipinski definition) is 0. The summed E-state index contributed by atoms with van der Waals surface area (Å²) in [6.45, 7) is 10.8. The molecule has 0 heterocycles. The van der Waals surface area contributed by atoms with E-state index in [4.69, 9.17) is 0 Å². The molecular weight excluding hydrogens is 241 g/mol. The number of ketones is 1. The van der Waals surface area contributed by atoms with Crippen molar-refractivity contribution in [2.45, 2.75) is 34.1 Å². The number of rotatable bonds is 7. The average molecular weight is 265 g/mol. The van der Waals surface area contributed by atoms with E-state index < -0.39 is 0 Å². The lowest BCUT2D eigenvalue weighted by atomic mass is 10.1. The zero-order chi connectivity index (χ0) is 14.4. The fourth-order valence-corrected chi connectivity index (χ4v) is 2.07. The molecule has 0 saturated heterocycles. The Balaban J connectivity index is 2.56. The predicted molar refractivity (Wildman–Crippen MR) is 77.0 cm³/mol. The highest BCUT2D eigenvalue weighted by molar-refractivity contribution is 5.96. The molecule has 0 amide bonds. The quantitative estimate of drug-likeness (QED) is 0.701. The third kappa shape index (κ3) is 5.11. The lowest BCUT2D eigenvalue weighted by Crippen LogP contribution is -2.29. The fourth-order valence-electron chi connectivity index (χ4n) is 2.07. The van der Waals surface area contributed by atoms with Crippen molar-refractivity contribution in [3.8, 4) is 0 Å². The first-order valence-electron chi connectivity index (χ1n) is 6.95. The lowest BCUT2D eigenvalue weighted by molar-refractivity contribution is 0.0962. The van der Waals surface area contributed by atoms with Gasteiger partial charge in [0.05, 0.1) is 0 Å². The third-order valence-electron chi connectivity index (χ3n) is 3.22. The number of aryl methyl sites for hydroxylation is 1. The molecule has 0 N–H and O–H groups in total. The molecule has 1 rings (SSSR count). The van der Waals surface area contributed by atoms with E-state index >= 15 is 0 Å². The van der Waals surface area contributed by atoms with Gasteiger partial charge in [0.2, 0.25) is 0 Å². The van der Waals surface area contributed by atoms with Crippen molar-refractivity contribution in [2.24, 2.45) is 5.92 Å². The Morgan fingerprint density at radius 3 is 2.58 bits per heavy atom. The minimum Gasteiger partial charge on any atom is -0.303 e. The van der Waals surface area contributed by atoms with Crippen LogP contribution in [0.5, 0.6) is 0 Å². The van der Waals surface area contributed by atoms with Crippen molar-refractivity contribution in [3.05, 3.63) is 35.1 Å². The molecule has 0 bridgehead atoms. The molecule has 0 unspecified atom stereocenters. The Morgan fingerprint density at radius 2 is 2.05 bits per heavy atom. The second-order valence-corrected chi connectivity index (χ2v) is 5.42. The minimum atomic E-state index is -0.305. The van der Waals surface area contributed by atoms with Gasteiger partial charge in [-0.1, -0.05) is 32.9 Å². The second kappa shape index (κ2) is 7.39. The number of halogens is 1. The molecule has 0 aliphatic heterocycles. The van der Waals surface area contributed by atoms with E-state index in [1.54, 1.807) is 19.1 Å². The van der Waals surface area contributed by atoms with Crippen LogP contribution in [0.2, 0.25) is 0 Å². The van der Waals surface area contributed by atoms with E-state index in [1.165, 1.54) is 6.07 Å². The van der Waals surface area contributed by atoms with Crippen LogP contribution >= 0.6 is 0 Å². The zero-order valence-electron chi connectivity index (χ0n) is 12.4. The summed E-state index contributed by atoms with van der Waals surface area (Å²) in [5.74, 6) is 0.299. The van der Waals surface area contributed by atoms with Crippen LogP contribution in [0, 0.1) is 18.7 Å². The maximum Gasteiger partial charge on any atom is 0.164 e. The van der Waals surface area contributed by atoms with Gasteiger partial charge in [0.15, 0.2) is 5.78 Å². The Hall–Kier alpha value is -1.22. The molecule has 1 aromatic carbocycles. The number of benzene rings is 1. The summed E-state index contributed by atoms with van der Waals surface area (Å²) < 4.78 is 13.4. The van der Waals surface area contributed by atoms with Crippen molar-refractivity contribution in [2.75, 3.05) is 19.6 Å². The van der Waals surface area contributed by atoms with Gasteiger partial charge in [-0.15, -0.1) is 0 Å². The number of hydrogen-bond acceptors (Lipinski definition) is 2. The average Bonchev–Trinajstić information content (AvgIpc) is 2.36. The van der Waals surface area contributed by atoms with Gasteiger partial charge in [0, 0.05) is 25.1 Å². The summed E-state index contributed by atoms with van der Waals surface area (Å²) in [4.78, 5) is 14.3. The van der Waals surface area contributed by atoms with Crippen LogP contribution in [-0.4, -0.2) is 30.3 Å². The van der Waals surface area contributed by atoms with Gasteiger partial charge in [-0.25, -0.2) is 4.39 Å². The van der Waals surface area contributed by atoms with Crippen molar-refractivity contribution in [1.82, 2.24) is 4.90 Å². The zero-order valence-corrected chi connectivity index (χ0v) is 12.4. The monoisotopic (exact) mass is 265 g/mol. The van der Waals surface area contributed by atoms with Crippen LogP contribution in [0.15, 0.2) is 18.2 Å². The van der Waals surface area contributed by atoms with E-state index in [1.807, 2.05) is 0 Å². The predicted octanol–water partition coefficient (Wildman–Crippen LogP) is 3.68. The molecule has 0 spiro atoms. The van der Waals surface area contributed by atoms with Crippen LogP contribution in [0.4, 0.5) is 4.39 Å². The summed E-state index contributed by atoms with van der Waals surface area (Å²) in [6, 6.07) is 4.71. The van der Waals surface area contributed by atoms with Gasteiger partial charge in [0.1, 0.15) is 5.82 Å². The summed E-state index contributed by atoms with van der Waals surface area (Å²) in [5, 5.41) is 0. The van der Waals surface area contributed by atoms with Crippen LogP contribution in [0.3, 0.4) is 0 Å². The van der Waals surface area contributed by atoms with Crippen LogP contribution in [0.25, 0.3) is 0 Å². The Morgan fingerprint density at radius 1 is 1.37 bits per heavy atom. The lowest BCUT2D eigenvalue weighted by Gasteiger charge is -2.22. The number of nitrogens with zero attached hydrogens (tertiary/aromatic N) is 1. The number of carbonyl (C=O) groups excluding carboxylic acids is 1. The van der Waals surface area contributed by atoms with Crippen LogP contribution < -0.4 is 0 Å². The van der Waals surface area contributed by atoms with Gasteiger partial charge in [-0.3, -0.25) is 4.79 Å². The summed E-state index contributed by atoms with van der Waals surface area (Å²) in [7, 11) is 0. The Kier molecular flexibility index (Phi) is 6.16. The van der Waals surface area contributed by atoms with Gasteiger partial charge in [0.25, 0.3) is 0 Å². The molecule has 19 heavy (non-hydrogen) atoms. The standard InChI is InChI=1S/C16H24FNO/c1-5-18(11-12(2)3)9-8-16(19)14-7-6-13(4)15(17)10-14/h6-7,10,12H,5,8-9,11H2,1-4H3. The van der Waals surface area contributed by atoms with Gasteiger partial charge >= 0.3 is 0 Å². The highest BCUT2D eigenvalue weighted by Crippen LogP contribution is 2.11. The normalized spacial score (nSPS) is 11.3.